The lowest BCUT2D eigenvalue weighted by Gasteiger charge is -2.22. The number of benzene rings is 1. The van der Waals surface area contributed by atoms with Crippen molar-refractivity contribution in [3.63, 3.8) is 0 Å². The van der Waals surface area contributed by atoms with Gasteiger partial charge < -0.3 is 10.6 Å². The smallest absolute Gasteiger partial charge is 0.0759 e. The van der Waals surface area contributed by atoms with Gasteiger partial charge in [0.1, 0.15) is 0 Å². The van der Waals surface area contributed by atoms with Crippen LogP contribution in [-0.2, 0) is 6.42 Å². The summed E-state index contributed by atoms with van der Waals surface area (Å²) in [6, 6.07) is 6.03. The summed E-state index contributed by atoms with van der Waals surface area (Å²) in [7, 11) is 4.06. The summed E-state index contributed by atoms with van der Waals surface area (Å²) in [5.41, 5.74) is 10.1. The molecule has 0 unspecified atom stereocenters. The Hall–Kier alpha value is -1.32. The number of nitrogens with two attached hydrogens (primary N) is 1. The molecule has 4 heteroatoms. The van der Waals surface area contributed by atoms with Gasteiger partial charge in [-0.2, -0.15) is 0 Å². The number of pyridine rings is 1. The molecule has 0 fully saturated rings. The Morgan fingerprint density at radius 1 is 1.25 bits per heavy atom. The zero-order valence-electron chi connectivity index (χ0n) is 12.8. The van der Waals surface area contributed by atoms with Gasteiger partial charge in [0.05, 0.1) is 5.52 Å². The zero-order valence-corrected chi connectivity index (χ0v) is 13.5. The van der Waals surface area contributed by atoms with Crippen LogP contribution in [0.2, 0.25) is 5.02 Å². The molecule has 1 aromatic carbocycles. The molecule has 0 bridgehead atoms. The first-order valence-corrected chi connectivity index (χ1v) is 7.11. The minimum atomic E-state index is -0.290. The van der Waals surface area contributed by atoms with Gasteiger partial charge in [0.15, 0.2) is 0 Å². The number of hydrogen-bond donors (Lipinski definition) is 1. The SMILES string of the molecule is Cc1cc(N(C)C)c2cc(Cl)cc(CC(C)(C)N)c2n1. The van der Waals surface area contributed by atoms with Crippen molar-refractivity contribution in [2.75, 3.05) is 19.0 Å². The third-order valence-corrected chi connectivity index (χ3v) is 3.41. The van der Waals surface area contributed by atoms with E-state index in [0.717, 1.165) is 39.3 Å². The molecule has 2 N–H and O–H groups in total. The molecule has 0 saturated carbocycles. The van der Waals surface area contributed by atoms with Crippen LogP contribution in [0.15, 0.2) is 18.2 Å². The fraction of sp³-hybridized carbons (Fsp3) is 0.438. The van der Waals surface area contributed by atoms with Crippen molar-refractivity contribution < 1.29 is 0 Å². The minimum absolute atomic E-state index is 0.290. The standard InChI is InChI=1S/C16H22ClN3/c1-10-6-14(20(4)5)13-8-12(17)7-11(15(13)19-10)9-16(2,3)18/h6-8H,9,18H2,1-5H3. The molecule has 108 valence electrons. The largest absolute Gasteiger partial charge is 0.377 e. The molecular weight excluding hydrogens is 270 g/mol. The summed E-state index contributed by atoms with van der Waals surface area (Å²) in [4.78, 5) is 6.79. The molecule has 0 radical (unpaired) electrons. The number of aromatic nitrogens is 1. The van der Waals surface area contributed by atoms with Crippen molar-refractivity contribution in [3.8, 4) is 0 Å². The van der Waals surface area contributed by atoms with E-state index in [9.17, 15) is 0 Å². The van der Waals surface area contributed by atoms with E-state index in [1.54, 1.807) is 0 Å². The van der Waals surface area contributed by atoms with E-state index in [1.807, 2.05) is 47.0 Å². The van der Waals surface area contributed by atoms with E-state index in [0.29, 0.717) is 0 Å². The number of anilines is 1. The normalized spacial score (nSPS) is 11.9. The second-order valence-electron chi connectivity index (χ2n) is 6.30. The first-order chi connectivity index (χ1) is 9.17. The van der Waals surface area contributed by atoms with Gasteiger partial charge in [-0.1, -0.05) is 11.6 Å². The first-order valence-electron chi connectivity index (χ1n) is 6.73. The summed E-state index contributed by atoms with van der Waals surface area (Å²) in [6.45, 7) is 6.04. The summed E-state index contributed by atoms with van der Waals surface area (Å²) < 4.78 is 0. The summed E-state index contributed by atoms with van der Waals surface area (Å²) in [5, 5.41) is 1.80. The minimum Gasteiger partial charge on any atom is -0.377 e. The number of halogens is 1. The van der Waals surface area contributed by atoms with Gasteiger partial charge in [0, 0.05) is 41.4 Å². The molecule has 1 heterocycles. The van der Waals surface area contributed by atoms with Crippen LogP contribution in [0.3, 0.4) is 0 Å². The van der Waals surface area contributed by atoms with Crippen LogP contribution >= 0.6 is 11.6 Å². The molecule has 0 aliphatic rings. The van der Waals surface area contributed by atoms with E-state index in [4.69, 9.17) is 22.3 Å². The number of fused-ring (bicyclic) bond motifs is 1. The predicted octanol–water partition coefficient (Wildman–Crippen LogP) is 3.54. The maximum Gasteiger partial charge on any atom is 0.0759 e. The van der Waals surface area contributed by atoms with Crippen molar-refractivity contribution in [1.82, 2.24) is 4.98 Å². The molecule has 1 aromatic heterocycles. The Morgan fingerprint density at radius 3 is 2.45 bits per heavy atom. The maximum absolute atomic E-state index is 6.28. The monoisotopic (exact) mass is 291 g/mol. The Morgan fingerprint density at radius 2 is 1.90 bits per heavy atom. The molecule has 0 saturated heterocycles. The predicted molar refractivity (Wildman–Crippen MR) is 87.8 cm³/mol. The number of aryl methyl sites for hydroxylation is 1. The van der Waals surface area contributed by atoms with E-state index < -0.39 is 0 Å². The van der Waals surface area contributed by atoms with Crippen LogP contribution in [0.5, 0.6) is 0 Å². The topological polar surface area (TPSA) is 42.1 Å². The lowest BCUT2D eigenvalue weighted by Crippen LogP contribution is -2.34. The highest BCUT2D eigenvalue weighted by atomic mass is 35.5. The fourth-order valence-corrected chi connectivity index (χ4v) is 2.70. The molecule has 2 rings (SSSR count). The molecule has 0 amide bonds. The quantitative estimate of drug-likeness (QED) is 0.940. The number of rotatable bonds is 3. The van der Waals surface area contributed by atoms with Crippen molar-refractivity contribution in [2.45, 2.75) is 32.7 Å². The molecule has 0 aliphatic heterocycles. The fourth-order valence-electron chi connectivity index (χ4n) is 2.46. The van der Waals surface area contributed by atoms with Crippen molar-refractivity contribution in [2.24, 2.45) is 5.73 Å². The first kappa shape index (κ1) is 15.1. The summed E-state index contributed by atoms with van der Waals surface area (Å²) >= 11 is 6.28. The molecular formula is C16H22ClN3. The average Bonchev–Trinajstić information content (AvgIpc) is 2.27. The van der Waals surface area contributed by atoms with Crippen LogP contribution in [0.4, 0.5) is 5.69 Å². The molecule has 3 nitrogen and oxygen atoms in total. The Bertz CT molecular complexity index is 642. The highest BCUT2D eigenvalue weighted by molar-refractivity contribution is 6.31. The van der Waals surface area contributed by atoms with Crippen LogP contribution in [0, 0.1) is 6.92 Å². The number of hydrogen-bond acceptors (Lipinski definition) is 3. The van der Waals surface area contributed by atoms with Crippen LogP contribution < -0.4 is 10.6 Å². The molecule has 0 aliphatic carbocycles. The maximum atomic E-state index is 6.28. The van der Waals surface area contributed by atoms with Gasteiger partial charge in [0.25, 0.3) is 0 Å². The van der Waals surface area contributed by atoms with E-state index in [2.05, 4.69) is 11.0 Å². The zero-order chi connectivity index (χ0) is 15.1. The van der Waals surface area contributed by atoms with Gasteiger partial charge in [-0.05, 0) is 51.0 Å². The second-order valence-corrected chi connectivity index (χ2v) is 6.74. The van der Waals surface area contributed by atoms with Crippen molar-refractivity contribution in [1.29, 1.82) is 0 Å². The summed E-state index contributed by atoms with van der Waals surface area (Å²) in [6.07, 6.45) is 0.743. The lowest BCUT2D eigenvalue weighted by atomic mass is 9.94. The van der Waals surface area contributed by atoms with Gasteiger partial charge >= 0.3 is 0 Å². The van der Waals surface area contributed by atoms with E-state index in [-0.39, 0.29) is 5.54 Å². The average molecular weight is 292 g/mol. The van der Waals surface area contributed by atoms with Crippen LogP contribution in [0.1, 0.15) is 25.1 Å². The second kappa shape index (κ2) is 5.23. The number of nitrogens with zero attached hydrogens (tertiary/aromatic N) is 2. The van der Waals surface area contributed by atoms with Gasteiger partial charge in [-0.15, -0.1) is 0 Å². The third-order valence-electron chi connectivity index (χ3n) is 3.19. The Kier molecular flexibility index (Phi) is 3.94. The third kappa shape index (κ3) is 3.22. The molecule has 0 atom stereocenters. The Labute approximate surface area is 125 Å². The highest BCUT2D eigenvalue weighted by Gasteiger charge is 2.17. The van der Waals surface area contributed by atoms with Crippen molar-refractivity contribution in [3.05, 3.63) is 34.5 Å². The van der Waals surface area contributed by atoms with E-state index >= 15 is 0 Å². The van der Waals surface area contributed by atoms with Crippen LogP contribution in [-0.4, -0.2) is 24.6 Å². The van der Waals surface area contributed by atoms with Gasteiger partial charge in [-0.25, -0.2) is 0 Å². The molecule has 0 spiro atoms. The van der Waals surface area contributed by atoms with Gasteiger partial charge in [-0.3, -0.25) is 4.98 Å². The molecule has 2 aromatic rings. The van der Waals surface area contributed by atoms with Gasteiger partial charge in [0.2, 0.25) is 0 Å². The van der Waals surface area contributed by atoms with Crippen molar-refractivity contribution >= 4 is 28.2 Å². The van der Waals surface area contributed by atoms with E-state index in [1.165, 1.54) is 0 Å². The lowest BCUT2D eigenvalue weighted by molar-refractivity contribution is 0.518. The summed E-state index contributed by atoms with van der Waals surface area (Å²) in [5.74, 6) is 0. The highest BCUT2D eigenvalue weighted by Crippen LogP contribution is 2.32. The van der Waals surface area contributed by atoms with Crippen LogP contribution in [0.25, 0.3) is 10.9 Å². The Balaban J connectivity index is 2.76. The molecule has 20 heavy (non-hydrogen) atoms.